The summed E-state index contributed by atoms with van der Waals surface area (Å²) in [6.07, 6.45) is 0. The highest BCUT2D eigenvalue weighted by Gasteiger charge is 2.36. The third kappa shape index (κ3) is 6.93. The molecule has 2 N–H and O–H groups in total. The Morgan fingerprint density at radius 3 is 2.03 bits per heavy atom. The first kappa shape index (κ1) is 25.5. The first-order valence-corrected chi connectivity index (χ1v) is 11.4. The maximum atomic E-state index is 13.6. The Bertz CT molecular complexity index is 1160. The number of ether oxygens (including phenoxy) is 1. The van der Waals surface area contributed by atoms with E-state index < -0.39 is 23.4 Å². The lowest BCUT2D eigenvalue weighted by atomic mass is 10.0. The summed E-state index contributed by atoms with van der Waals surface area (Å²) in [7, 11) is 1.54. The van der Waals surface area contributed by atoms with Crippen LogP contribution in [0, 0.1) is 0 Å². The number of benzene rings is 3. The van der Waals surface area contributed by atoms with Gasteiger partial charge in [-0.05, 0) is 44.5 Å². The van der Waals surface area contributed by atoms with Crippen LogP contribution in [0.4, 0.5) is 5.69 Å². The predicted octanol–water partition coefficient (Wildman–Crippen LogP) is 4.32. The second-order valence-corrected chi connectivity index (χ2v) is 9.12. The summed E-state index contributed by atoms with van der Waals surface area (Å²) in [5, 5.41) is 5.60. The van der Waals surface area contributed by atoms with Gasteiger partial charge in [0.2, 0.25) is 5.91 Å². The van der Waals surface area contributed by atoms with Gasteiger partial charge in [0.1, 0.15) is 11.8 Å². The van der Waals surface area contributed by atoms with Crippen LogP contribution in [0.2, 0.25) is 0 Å². The Hall–Kier alpha value is -4.13. The number of hydrogen-bond donors (Lipinski definition) is 2. The molecule has 0 aliphatic carbocycles. The second-order valence-electron chi connectivity index (χ2n) is 9.12. The average molecular weight is 474 g/mol. The fraction of sp³-hybridized carbons (Fsp3) is 0.250. The maximum Gasteiger partial charge on any atom is 0.313 e. The van der Waals surface area contributed by atoms with E-state index in [4.69, 9.17) is 4.74 Å². The highest BCUT2D eigenvalue weighted by molar-refractivity contribution is 6.39. The maximum absolute atomic E-state index is 13.6. The normalized spacial score (nSPS) is 11.8. The van der Waals surface area contributed by atoms with E-state index in [-0.39, 0.29) is 12.5 Å². The smallest absolute Gasteiger partial charge is 0.313 e. The van der Waals surface area contributed by atoms with Crippen molar-refractivity contribution >= 4 is 23.4 Å². The zero-order chi connectivity index (χ0) is 25.4. The van der Waals surface area contributed by atoms with Crippen molar-refractivity contribution in [2.75, 3.05) is 12.4 Å². The van der Waals surface area contributed by atoms with Gasteiger partial charge in [0.15, 0.2) is 0 Å². The predicted molar refractivity (Wildman–Crippen MR) is 136 cm³/mol. The van der Waals surface area contributed by atoms with Crippen LogP contribution in [-0.4, -0.2) is 35.3 Å². The molecule has 1 atom stereocenters. The zero-order valence-corrected chi connectivity index (χ0v) is 20.4. The average Bonchev–Trinajstić information content (AvgIpc) is 2.83. The van der Waals surface area contributed by atoms with Crippen molar-refractivity contribution in [2.24, 2.45) is 0 Å². The van der Waals surface area contributed by atoms with Crippen LogP contribution in [0.3, 0.4) is 0 Å². The van der Waals surface area contributed by atoms with Crippen molar-refractivity contribution in [3.8, 4) is 5.75 Å². The molecule has 35 heavy (non-hydrogen) atoms. The fourth-order valence-corrected chi connectivity index (χ4v) is 3.68. The minimum absolute atomic E-state index is 0.0117. The Labute approximate surface area is 206 Å². The van der Waals surface area contributed by atoms with Gasteiger partial charge in [-0.2, -0.15) is 0 Å². The molecule has 0 spiro atoms. The Morgan fingerprint density at radius 1 is 0.857 bits per heavy atom. The molecular formula is C28H31N3O4. The van der Waals surface area contributed by atoms with Crippen LogP contribution in [0.5, 0.6) is 5.75 Å². The monoisotopic (exact) mass is 473 g/mol. The van der Waals surface area contributed by atoms with Gasteiger partial charge in [-0.15, -0.1) is 0 Å². The lowest BCUT2D eigenvalue weighted by molar-refractivity contribution is -0.148. The largest absolute Gasteiger partial charge is 0.496 e. The quantitative estimate of drug-likeness (QED) is 0.501. The van der Waals surface area contributed by atoms with Gasteiger partial charge >= 0.3 is 11.8 Å². The van der Waals surface area contributed by atoms with E-state index in [1.165, 1.54) is 12.0 Å². The van der Waals surface area contributed by atoms with E-state index in [9.17, 15) is 14.4 Å². The van der Waals surface area contributed by atoms with Gasteiger partial charge in [0.25, 0.3) is 0 Å². The number of nitrogens with zero attached hydrogens (tertiary/aromatic N) is 1. The minimum Gasteiger partial charge on any atom is -0.496 e. The molecule has 3 aromatic rings. The number of anilines is 1. The number of para-hydroxylation sites is 2. The van der Waals surface area contributed by atoms with Crippen molar-refractivity contribution < 1.29 is 19.1 Å². The highest BCUT2D eigenvalue weighted by atomic mass is 16.5. The lowest BCUT2D eigenvalue weighted by Crippen LogP contribution is -2.51. The number of carbonyl (C=O) groups is 3. The Balaban J connectivity index is 2.06. The van der Waals surface area contributed by atoms with Crippen LogP contribution in [-0.2, 0) is 20.9 Å². The molecule has 0 unspecified atom stereocenters. The molecule has 3 amide bonds. The van der Waals surface area contributed by atoms with Gasteiger partial charge in [-0.3, -0.25) is 14.4 Å². The van der Waals surface area contributed by atoms with E-state index >= 15 is 0 Å². The topological polar surface area (TPSA) is 87.7 Å². The molecule has 0 saturated heterocycles. The van der Waals surface area contributed by atoms with Gasteiger partial charge in [0.05, 0.1) is 13.7 Å². The van der Waals surface area contributed by atoms with Crippen LogP contribution >= 0.6 is 0 Å². The Morgan fingerprint density at radius 2 is 1.43 bits per heavy atom. The molecule has 0 fully saturated rings. The SMILES string of the molecule is COc1ccccc1CN(C(=O)C(=O)Nc1ccccc1)[C@@H](C(=O)NC(C)(C)C)c1ccccc1. The number of rotatable bonds is 7. The van der Waals surface area contributed by atoms with Crippen molar-refractivity contribution in [1.82, 2.24) is 10.2 Å². The number of carbonyl (C=O) groups excluding carboxylic acids is 3. The molecule has 0 saturated carbocycles. The molecule has 3 rings (SSSR count). The van der Waals surface area contributed by atoms with Crippen LogP contribution in [0.25, 0.3) is 0 Å². The summed E-state index contributed by atoms with van der Waals surface area (Å²) in [5.74, 6) is -1.51. The first-order valence-electron chi connectivity index (χ1n) is 11.4. The number of methoxy groups -OCH3 is 1. The molecule has 0 heterocycles. The summed E-state index contributed by atoms with van der Waals surface area (Å²) in [6, 6.07) is 23.8. The molecule has 182 valence electrons. The summed E-state index contributed by atoms with van der Waals surface area (Å²) >= 11 is 0. The van der Waals surface area contributed by atoms with E-state index in [0.29, 0.717) is 22.6 Å². The number of hydrogen-bond acceptors (Lipinski definition) is 4. The van der Waals surface area contributed by atoms with Crippen molar-refractivity contribution in [3.05, 3.63) is 96.1 Å². The van der Waals surface area contributed by atoms with E-state index in [1.54, 1.807) is 60.7 Å². The molecule has 0 bridgehead atoms. The van der Waals surface area contributed by atoms with Crippen molar-refractivity contribution in [3.63, 3.8) is 0 Å². The fourth-order valence-electron chi connectivity index (χ4n) is 3.68. The zero-order valence-electron chi connectivity index (χ0n) is 20.4. The molecular weight excluding hydrogens is 442 g/mol. The van der Waals surface area contributed by atoms with Gasteiger partial charge in [0, 0.05) is 16.8 Å². The molecule has 7 heteroatoms. The summed E-state index contributed by atoms with van der Waals surface area (Å²) < 4.78 is 5.47. The Kier molecular flexibility index (Phi) is 8.25. The van der Waals surface area contributed by atoms with Gasteiger partial charge in [-0.25, -0.2) is 0 Å². The highest BCUT2D eigenvalue weighted by Crippen LogP contribution is 2.28. The van der Waals surface area contributed by atoms with E-state index in [1.807, 2.05) is 45.0 Å². The molecule has 3 aromatic carbocycles. The van der Waals surface area contributed by atoms with Crippen molar-refractivity contribution in [2.45, 2.75) is 38.9 Å². The van der Waals surface area contributed by atoms with E-state index in [0.717, 1.165) is 0 Å². The summed E-state index contributed by atoms with van der Waals surface area (Å²) in [4.78, 5) is 41.6. The van der Waals surface area contributed by atoms with Crippen LogP contribution in [0.15, 0.2) is 84.9 Å². The molecule has 0 aliphatic rings. The molecule has 7 nitrogen and oxygen atoms in total. The number of amides is 3. The van der Waals surface area contributed by atoms with Gasteiger partial charge in [-0.1, -0.05) is 66.7 Å². The van der Waals surface area contributed by atoms with Crippen molar-refractivity contribution in [1.29, 1.82) is 0 Å². The number of nitrogens with one attached hydrogen (secondary N) is 2. The summed E-state index contributed by atoms with van der Waals surface area (Å²) in [6.45, 7) is 5.58. The van der Waals surface area contributed by atoms with Crippen LogP contribution in [0.1, 0.15) is 37.9 Å². The second kappa shape index (κ2) is 11.3. The third-order valence-electron chi connectivity index (χ3n) is 5.19. The minimum atomic E-state index is -1.05. The first-order chi connectivity index (χ1) is 16.7. The van der Waals surface area contributed by atoms with Crippen LogP contribution < -0.4 is 15.4 Å². The van der Waals surface area contributed by atoms with Gasteiger partial charge < -0.3 is 20.3 Å². The van der Waals surface area contributed by atoms with E-state index in [2.05, 4.69) is 10.6 Å². The third-order valence-corrected chi connectivity index (χ3v) is 5.19. The molecule has 0 aromatic heterocycles. The molecule has 0 aliphatic heterocycles. The standard InChI is InChI=1S/C28H31N3O4/c1-28(2,3)30-25(32)24(20-13-7-5-8-14-20)31(19-21-15-11-12-18-23(21)35-4)27(34)26(33)29-22-16-9-6-10-17-22/h5-18,24H,19H2,1-4H3,(H,29,33)(H,30,32)/t24-/m1/s1. The molecule has 0 radical (unpaired) electrons. The lowest BCUT2D eigenvalue weighted by Gasteiger charge is -2.33. The summed E-state index contributed by atoms with van der Waals surface area (Å²) in [5.41, 5.74) is 1.19.